The highest BCUT2D eigenvalue weighted by Crippen LogP contribution is 2.32. The van der Waals surface area contributed by atoms with E-state index in [9.17, 15) is 9.59 Å². The van der Waals surface area contributed by atoms with E-state index in [-0.39, 0.29) is 11.5 Å². The lowest BCUT2D eigenvalue weighted by atomic mass is 10.2. The highest BCUT2D eigenvalue weighted by Gasteiger charge is 2.32. The monoisotopic (exact) mass is 448 g/mol. The normalized spacial score (nSPS) is 15.5. The van der Waals surface area contributed by atoms with E-state index in [0.29, 0.717) is 59.2 Å². The molecule has 1 aliphatic heterocycles. The third-order valence-corrected chi connectivity index (χ3v) is 5.78. The Hall–Kier alpha value is -2.27. The lowest BCUT2D eigenvalue weighted by Crippen LogP contribution is -2.31. The minimum absolute atomic E-state index is 0.234. The highest BCUT2D eigenvalue weighted by atomic mass is 32.2. The maximum Gasteiger partial charge on any atom is 0.267 e. The molecule has 30 heavy (non-hydrogen) atoms. The predicted octanol–water partition coefficient (Wildman–Crippen LogP) is 2.38. The number of carbonyl (C=O) groups excluding carboxylic acids is 1. The first-order valence-corrected chi connectivity index (χ1v) is 10.9. The maximum absolute atomic E-state index is 13.1. The SMILES string of the molecule is CCOCCCNc1nc2ccccn2c(=O)c1/C=C1/SC(=S)N(CCOC)C1=O. The smallest absolute Gasteiger partial charge is 0.267 e. The predicted molar refractivity (Wildman–Crippen MR) is 123 cm³/mol. The molecule has 0 aromatic carbocycles. The molecule has 0 spiro atoms. The molecule has 0 aliphatic carbocycles. The molecule has 8 nitrogen and oxygen atoms in total. The van der Waals surface area contributed by atoms with Gasteiger partial charge in [0.05, 0.1) is 23.6 Å². The van der Waals surface area contributed by atoms with Crippen LogP contribution in [0.25, 0.3) is 11.7 Å². The van der Waals surface area contributed by atoms with Gasteiger partial charge >= 0.3 is 0 Å². The van der Waals surface area contributed by atoms with Crippen molar-refractivity contribution in [3.05, 3.63) is 45.2 Å². The quantitative estimate of drug-likeness (QED) is 0.337. The second-order valence-corrected chi connectivity index (χ2v) is 8.09. The molecule has 1 saturated heterocycles. The molecular weight excluding hydrogens is 424 g/mol. The molecule has 1 aliphatic rings. The topological polar surface area (TPSA) is 85.2 Å². The van der Waals surface area contributed by atoms with Gasteiger partial charge in [0, 0.05) is 33.1 Å². The molecule has 0 radical (unpaired) electrons. The Morgan fingerprint density at radius 3 is 2.90 bits per heavy atom. The van der Waals surface area contributed by atoms with Crippen LogP contribution in [-0.4, -0.2) is 64.5 Å². The molecule has 160 valence electrons. The molecule has 1 N–H and O–H groups in total. The summed E-state index contributed by atoms with van der Waals surface area (Å²) >= 11 is 6.50. The van der Waals surface area contributed by atoms with Gasteiger partial charge in [0.1, 0.15) is 15.8 Å². The number of rotatable bonds is 10. The third kappa shape index (κ3) is 5.07. The van der Waals surface area contributed by atoms with Crippen LogP contribution in [-0.2, 0) is 14.3 Å². The summed E-state index contributed by atoms with van der Waals surface area (Å²) in [5.74, 6) is 0.201. The van der Waals surface area contributed by atoms with Crippen LogP contribution in [0.3, 0.4) is 0 Å². The van der Waals surface area contributed by atoms with Gasteiger partial charge < -0.3 is 14.8 Å². The average Bonchev–Trinajstić information content (AvgIpc) is 3.01. The lowest BCUT2D eigenvalue weighted by molar-refractivity contribution is -0.122. The largest absolute Gasteiger partial charge is 0.383 e. The second-order valence-electron chi connectivity index (χ2n) is 6.41. The fraction of sp³-hybridized carbons (Fsp3) is 0.400. The fourth-order valence-corrected chi connectivity index (χ4v) is 4.19. The van der Waals surface area contributed by atoms with Crippen LogP contribution in [0.5, 0.6) is 0 Å². The van der Waals surface area contributed by atoms with Crippen LogP contribution in [0.4, 0.5) is 5.82 Å². The van der Waals surface area contributed by atoms with E-state index in [1.807, 2.05) is 13.0 Å². The Balaban J connectivity index is 1.95. The molecule has 3 heterocycles. The number of methoxy groups -OCH3 is 1. The number of pyridine rings is 1. The van der Waals surface area contributed by atoms with Crippen LogP contribution < -0.4 is 10.9 Å². The van der Waals surface area contributed by atoms with Crippen molar-refractivity contribution in [2.75, 3.05) is 45.3 Å². The van der Waals surface area contributed by atoms with E-state index >= 15 is 0 Å². The standard InChI is InChI=1S/C20H24N4O4S2/c1-3-28-11-6-8-21-17-14(18(25)23-9-5-4-7-16(23)22-17)13-15-19(26)24(10-12-27-2)20(29)30-15/h4-5,7,9,13,21H,3,6,8,10-12H2,1-2H3/b15-13+. The van der Waals surface area contributed by atoms with Crippen molar-refractivity contribution in [2.24, 2.45) is 0 Å². The third-order valence-electron chi connectivity index (χ3n) is 4.40. The molecule has 2 aromatic rings. The van der Waals surface area contributed by atoms with Crippen molar-refractivity contribution in [1.29, 1.82) is 0 Å². The number of thiocarbonyl (C=S) groups is 1. The van der Waals surface area contributed by atoms with E-state index < -0.39 is 0 Å². The first-order chi connectivity index (χ1) is 14.6. The van der Waals surface area contributed by atoms with E-state index in [1.165, 1.54) is 21.1 Å². The number of amides is 1. The molecule has 10 heteroatoms. The number of anilines is 1. The molecule has 0 unspecified atom stereocenters. The van der Waals surface area contributed by atoms with Crippen molar-refractivity contribution in [3.63, 3.8) is 0 Å². The summed E-state index contributed by atoms with van der Waals surface area (Å²) in [5, 5.41) is 3.21. The van der Waals surface area contributed by atoms with Crippen LogP contribution in [0.2, 0.25) is 0 Å². The van der Waals surface area contributed by atoms with Crippen molar-refractivity contribution in [1.82, 2.24) is 14.3 Å². The van der Waals surface area contributed by atoms with Gasteiger partial charge in [-0.1, -0.05) is 30.0 Å². The minimum Gasteiger partial charge on any atom is -0.383 e. The molecule has 3 rings (SSSR count). The number of carbonyl (C=O) groups is 1. The van der Waals surface area contributed by atoms with E-state index in [0.717, 1.165) is 6.42 Å². The lowest BCUT2D eigenvalue weighted by Gasteiger charge is -2.13. The van der Waals surface area contributed by atoms with Crippen molar-refractivity contribution in [2.45, 2.75) is 13.3 Å². The van der Waals surface area contributed by atoms with E-state index in [1.54, 1.807) is 31.5 Å². The Labute approximate surface area is 184 Å². The Morgan fingerprint density at radius 1 is 1.30 bits per heavy atom. The molecular formula is C20H24N4O4S2. The molecule has 0 saturated carbocycles. The molecule has 1 fully saturated rings. The van der Waals surface area contributed by atoms with Gasteiger partial charge in [-0.2, -0.15) is 0 Å². The van der Waals surface area contributed by atoms with Gasteiger partial charge in [-0.05, 0) is 31.6 Å². The van der Waals surface area contributed by atoms with Gasteiger partial charge in [0.2, 0.25) is 0 Å². The first-order valence-electron chi connectivity index (χ1n) is 9.64. The fourth-order valence-electron chi connectivity index (χ4n) is 2.90. The summed E-state index contributed by atoms with van der Waals surface area (Å²) in [6.07, 6.45) is 4.00. The summed E-state index contributed by atoms with van der Waals surface area (Å²) in [6, 6.07) is 5.35. The van der Waals surface area contributed by atoms with Gasteiger partial charge in [-0.15, -0.1) is 0 Å². The number of fused-ring (bicyclic) bond motifs is 1. The van der Waals surface area contributed by atoms with Crippen molar-refractivity contribution < 1.29 is 14.3 Å². The van der Waals surface area contributed by atoms with Crippen molar-refractivity contribution in [3.8, 4) is 0 Å². The number of ether oxygens (including phenoxy) is 2. The summed E-state index contributed by atoms with van der Waals surface area (Å²) in [5.41, 5.74) is 0.594. The molecule has 1 amide bonds. The van der Waals surface area contributed by atoms with Gasteiger partial charge in [-0.3, -0.25) is 18.9 Å². The highest BCUT2D eigenvalue weighted by molar-refractivity contribution is 8.26. The maximum atomic E-state index is 13.1. The zero-order chi connectivity index (χ0) is 21.5. The Bertz CT molecular complexity index is 1020. The zero-order valence-electron chi connectivity index (χ0n) is 16.9. The van der Waals surface area contributed by atoms with Gasteiger partial charge in [0.25, 0.3) is 11.5 Å². The van der Waals surface area contributed by atoms with Gasteiger partial charge in [-0.25, -0.2) is 4.98 Å². The summed E-state index contributed by atoms with van der Waals surface area (Å²) in [6.45, 7) is 4.56. The number of thioether (sulfide) groups is 1. The first kappa shape index (κ1) is 22.4. The van der Waals surface area contributed by atoms with Crippen LogP contribution in [0.1, 0.15) is 18.9 Å². The number of hydrogen-bond donors (Lipinski definition) is 1. The minimum atomic E-state index is -0.255. The van der Waals surface area contributed by atoms with Crippen LogP contribution >= 0.6 is 24.0 Å². The van der Waals surface area contributed by atoms with Crippen LogP contribution in [0.15, 0.2) is 34.1 Å². The van der Waals surface area contributed by atoms with E-state index in [4.69, 9.17) is 21.7 Å². The van der Waals surface area contributed by atoms with E-state index in [2.05, 4.69) is 10.3 Å². The summed E-state index contributed by atoms with van der Waals surface area (Å²) in [7, 11) is 1.57. The Kier molecular flexibility index (Phi) is 7.97. The number of nitrogens with zero attached hydrogens (tertiary/aromatic N) is 3. The van der Waals surface area contributed by atoms with Crippen molar-refractivity contribution >= 4 is 51.7 Å². The van der Waals surface area contributed by atoms with Crippen LogP contribution in [0, 0.1) is 0 Å². The summed E-state index contributed by atoms with van der Waals surface area (Å²) < 4.78 is 12.3. The summed E-state index contributed by atoms with van der Waals surface area (Å²) in [4.78, 5) is 32.4. The Morgan fingerprint density at radius 2 is 2.13 bits per heavy atom. The number of hydrogen-bond acceptors (Lipinski definition) is 8. The second kappa shape index (κ2) is 10.7. The number of aromatic nitrogens is 2. The molecule has 2 aromatic heterocycles. The molecule has 0 bridgehead atoms. The number of nitrogens with one attached hydrogen (secondary N) is 1. The molecule has 0 atom stereocenters. The van der Waals surface area contributed by atoms with Gasteiger partial charge in [0.15, 0.2) is 0 Å². The zero-order valence-corrected chi connectivity index (χ0v) is 18.6. The average molecular weight is 449 g/mol.